The van der Waals surface area contributed by atoms with Gasteiger partial charge in [0.05, 0.1) is 33.8 Å². The number of nitrogens with zero attached hydrogens (tertiary/aromatic N) is 1. The van der Waals surface area contributed by atoms with Crippen molar-refractivity contribution in [3.63, 3.8) is 0 Å². The average Bonchev–Trinajstić information content (AvgIpc) is 3.44. The lowest BCUT2D eigenvalue weighted by atomic mass is 10.0. The number of rotatable bonds is 61. The number of phosphoric ester groups is 1. The Labute approximate surface area is 501 Å². The Balaban J connectivity index is 5.21. The molecule has 0 spiro atoms. The highest BCUT2D eigenvalue weighted by Gasteiger charge is 2.30. The number of nitrogens with one attached hydrogen (secondary N) is 1. The van der Waals surface area contributed by atoms with Crippen molar-refractivity contribution in [3.05, 3.63) is 85.1 Å². The molecule has 0 heterocycles. The molecule has 470 valence electrons. The summed E-state index contributed by atoms with van der Waals surface area (Å²) in [6.45, 7) is 6.97. The van der Waals surface area contributed by atoms with Gasteiger partial charge < -0.3 is 19.4 Å². The van der Waals surface area contributed by atoms with Crippen molar-refractivity contribution in [2.75, 3.05) is 40.9 Å². The van der Waals surface area contributed by atoms with Gasteiger partial charge in [0.15, 0.2) is 0 Å². The lowest BCUT2D eigenvalue weighted by Crippen LogP contribution is -2.47. The molecule has 0 rings (SSSR count). The summed E-state index contributed by atoms with van der Waals surface area (Å²) in [7, 11) is 1.48. The Morgan fingerprint density at radius 3 is 1.15 bits per heavy atom. The second-order valence-electron chi connectivity index (χ2n) is 24.0. The van der Waals surface area contributed by atoms with Crippen molar-refractivity contribution in [2.45, 2.75) is 315 Å². The van der Waals surface area contributed by atoms with E-state index in [1.54, 1.807) is 0 Å². The maximum absolute atomic E-state index is 13.6. The van der Waals surface area contributed by atoms with Gasteiger partial charge in [0.2, 0.25) is 5.91 Å². The van der Waals surface area contributed by atoms with Gasteiger partial charge in [-0.2, -0.15) is 0 Å². The van der Waals surface area contributed by atoms with Crippen LogP contribution in [0.4, 0.5) is 0 Å². The van der Waals surface area contributed by atoms with Gasteiger partial charge in [-0.3, -0.25) is 18.6 Å². The second kappa shape index (κ2) is 60.3. The van der Waals surface area contributed by atoms with E-state index in [2.05, 4.69) is 99.0 Å². The van der Waals surface area contributed by atoms with E-state index in [1.807, 2.05) is 33.3 Å². The normalized spacial score (nSPS) is 14.1. The zero-order valence-corrected chi connectivity index (χ0v) is 54.7. The lowest BCUT2D eigenvalue weighted by molar-refractivity contribution is -0.870. The van der Waals surface area contributed by atoms with Gasteiger partial charge in [0.25, 0.3) is 0 Å². The molecule has 0 aromatic carbocycles. The van der Waals surface area contributed by atoms with Crippen molar-refractivity contribution in [3.8, 4) is 0 Å². The van der Waals surface area contributed by atoms with Gasteiger partial charge in [-0.1, -0.05) is 267 Å². The molecular formula is C71H130N2O7P+. The van der Waals surface area contributed by atoms with Crippen LogP contribution in [0, 0.1) is 0 Å². The summed E-state index contributed by atoms with van der Waals surface area (Å²) >= 11 is 0. The number of quaternary nitrogens is 1. The highest BCUT2D eigenvalue weighted by molar-refractivity contribution is 7.47. The highest BCUT2D eigenvalue weighted by Crippen LogP contribution is 2.43. The van der Waals surface area contributed by atoms with Crippen LogP contribution in [0.5, 0.6) is 0 Å². The first kappa shape index (κ1) is 78.2. The van der Waals surface area contributed by atoms with Crippen molar-refractivity contribution in [2.24, 2.45) is 0 Å². The van der Waals surface area contributed by atoms with Crippen LogP contribution in [-0.2, 0) is 27.9 Å². The fourth-order valence-corrected chi connectivity index (χ4v) is 10.3. The monoisotopic (exact) mass is 1150 g/mol. The van der Waals surface area contributed by atoms with E-state index >= 15 is 0 Å². The number of allylic oxidation sites excluding steroid dienone is 13. The number of carbonyl (C=O) groups is 2. The molecule has 9 nitrogen and oxygen atoms in total. The van der Waals surface area contributed by atoms with Crippen LogP contribution in [0.2, 0.25) is 0 Å². The molecular weight excluding hydrogens is 1020 g/mol. The van der Waals surface area contributed by atoms with Crippen LogP contribution in [0.25, 0.3) is 0 Å². The molecule has 0 saturated heterocycles. The number of ether oxygens (including phenoxy) is 1. The number of amides is 1. The van der Waals surface area contributed by atoms with Crippen LogP contribution < -0.4 is 5.32 Å². The molecule has 10 heteroatoms. The molecule has 0 fully saturated rings. The van der Waals surface area contributed by atoms with Gasteiger partial charge >= 0.3 is 13.8 Å². The lowest BCUT2D eigenvalue weighted by Gasteiger charge is -2.27. The summed E-state index contributed by atoms with van der Waals surface area (Å²) in [5.41, 5.74) is 0. The Kier molecular flexibility index (Phi) is 58.2. The standard InChI is InChI=1S/C71H129N2O7P/c1-7-10-13-16-19-22-25-28-30-32-34-35-36-37-39-41-43-46-49-52-55-58-61-64-71(75)80-69(62-59-56-53-50-47-44-27-24-21-18-15-12-9-3)68(67-79-81(76,77)78-66-65-73(4,5)6)72-70(74)63-60-57-54-51-48-45-42-40-38-33-31-29-26-23-20-17-14-11-8-2/h19-20,22-23,28-31,34-35,38,40,59,62,68-69H,7-18,21,24-27,32-33,36-37,39,41-58,60-61,63-67H2,1-6H3,(H-,72,74,76,77)/p+1/b22-19-,23-20-,30-28-,31-29-,35-34-,40-38-,62-59+. The van der Waals surface area contributed by atoms with Crippen LogP contribution >= 0.6 is 7.82 Å². The summed E-state index contributed by atoms with van der Waals surface area (Å²) in [6, 6.07) is -0.862. The number of hydrogen-bond acceptors (Lipinski definition) is 6. The van der Waals surface area contributed by atoms with Gasteiger partial charge in [-0.15, -0.1) is 0 Å². The first-order valence-electron chi connectivity index (χ1n) is 33.9. The predicted molar refractivity (Wildman–Crippen MR) is 351 cm³/mol. The van der Waals surface area contributed by atoms with Gasteiger partial charge in [0, 0.05) is 12.8 Å². The quantitative estimate of drug-likeness (QED) is 0.0205. The van der Waals surface area contributed by atoms with E-state index in [-0.39, 0.29) is 31.5 Å². The molecule has 0 aromatic rings. The summed E-state index contributed by atoms with van der Waals surface area (Å²) < 4.78 is 30.8. The van der Waals surface area contributed by atoms with Gasteiger partial charge in [-0.25, -0.2) is 4.57 Å². The van der Waals surface area contributed by atoms with Crippen molar-refractivity contribution in [1.29, 1.82) is 0 Å². The van der Waals surface area contributed by atoms with Crippen molar-refractivity contribution >= 4 is 19.7 Å². The number of phosphoric acid groups is 1. The van der Waals surface area contributed by atoms with E-state index in [4.69, 9.17) is 13.8 Å². The number of hydrogen-bond donors (Lipinski definition) is 2. The molecule has 81 heavy (non-hydrogen) atoms. The first-order valence-corrected chi connectivity index (χ1v) is 35.4. The molecule has 1 amide bonds. The molecule has 3 atom stereocenters. The smallest absolute Gasteiger partial charge is 0.456 e. The molecule has 0 aliphatic carbocycles. The molecule has 0 radical (unpaired) electrons. The van der Waals surface area contributed by atoms with E-state index in [9.17, 15) is 19.0 Å². The predicted octanol–water partition coefficient (Wildman–Crippen LogP) is 21.3. The molecule has 0 aromatic heterocycles. The van der Waals surface area contributed by atoms with Gasteiger partial charge in [-0.05, 0) is 109 Å². The molecule has 0 aliphatic heterocycles. The maximum Gasteiger partial charge on any atom is 0.472 e. The van der Waals surface area contributed by atoms with Crippen molar-refractivity contribution in [1.82, 2.24) is 5.32 Å². The fourth-order valence-electron chi connectivity index (χ4n) is 9.54. The van der Waals surface area contributed by atoms with E-state index < -0.39 is 20.0 Å². The SMILES string of the molecule is CCCCC/C=C\C/C=C\C/C=C\CCCCCCCCCCCCC(=O)OC(/C=C/CCCCCCCCCCCCC)C(COP(=O)(O)OCC[N+](C)(C)C)NC(=O)CCCCCCCC/C=C\C/C=C\C/C=C\CCCCC. The van der Waals surface area contributed by atoms with E-state index in [0.717, 1.165) is 96.3 Å². The molecule has 0 saturated carbocycles. The third kappa shape index (κ3) is 61.6. The zero-order valence-electron chi connectivity index (χ0n) is 53.8. The average molecular weight is 1150 g/mol. The number of unbranched alkanes of at least 4 members (excludes halogenated alkanes) is 33. The maximum atomic E-state index is 13.6. The molecule has 0 bridgehead atoms. The fraction of sp³-hybridized carbons (Fsp3) is 0.775. The summed E-state index contributed by atoms with van der Waals surface area (Å²) in [5, 5.41) is 3.06. The Hall–Kier alpha value is -2.81. The van der Waals surface area contributed by atoms with Crippen LogP contribution in [0.3, 0.4) is 0 Å². The second-order valence-corrected chi connectivity index (χ2v) is 25.4. The van der Waals surface area contributed by atoms with E-state index in [0.29, 0.717) is 17.4 Å². The topological polar surface area (TPSA) is 111 Å². The summed E-state index contributed by atoms with van der Waals surface area (Å²) in [5.74, 6) is -0.520. The minimum atomic E-state index is -4.46. The highest BCUT2D eigenvalue weighted by atomic mass is 31.2. The zero-order chi connectivity index (χ0) is 59.3. The number of likely N-dealkylation sites (N-methyl/N-ethyl adjacent to an activating group) is 1. The Morgan fingerprint density at radius 2 is 0.753 bits per heavy atom. The number of esters is 1. The Morgan fingerprint density at radius 1 is 0.432 bits per heavy atom. The van der Waals surface area contributed by atoms with Crippen LogP contribution in [0.1, 0.15) is 303 Å². The summed E-state index contributed by atoms with van der Waals surface area (Å²) in [6.07, 6.45) is 80.0. The Bertz CT molecular complexity index is 1660. The van der Waals surface area contributed by atoms with Gasteiger partial charge in [0.1, 0.15) is 19.3 Å². The largest absolute Gasteiger partial charge is 0.472 e. The molecule has 3 unspecified atom stereocenters. The summed E-state index contributed by atoms with van der Waals surface area (Å²) in [4.78, 5) is 37.9. The minimum Gasteiger partial charge on any atom is -0.456 e. The molecule has 2 N–H and O–H groups in total. The van der Waals surface area contributed by atoms with Crippen LogP contribution in [-0.4, -0.2) is 74.3 Å². The third-order valence-electron chi connectivity index (χ3n) is 14.8. The van der Waals surface area contributed by atoms with E-state index in [1.165, 1.54) is 173 Å². The van der Waals surface area contributed by atoms with Crippen molar-refractivity contribution < 1.29 is 37.3 Å². The van der Waals surface area contributed by atoms with Crippen LogP contribution in [0.15, 0.2) is 85.1 Å². The number of carbonyl (C=O) groups excluding carboxylic acids is 2. The first-order chi connectivity index (χ1) is 39.4. The minimum absolute atomic E-state index is 0.0340. The molecule has 0 aliphatic rings. The third-order valence-corrected chi connectivity index (χ3v) is 15.8.